The van der Waals surface area contributed by atoms with Gasteiger partial charge in [-0.1, -0.05) is 0 Å². The van der Waals surface area contributed by atoms with E-state index in [4.69, 9.17) is 11.2 Å². The summed E-state index contributed by atoms with van der Waals surface area (Å²) < 4.78 is 5.08. The fraction of sp³-hybridized carbons (Fsp3) is 0.667. The zero-order chi connectivity index (χ0) is 8.69. The van der Waals surface area contributed by atoms with Gasteiger partial charge in [-0.3, -0.25) is 4.79 Å². The number of terminal acetylenes is 1. The van der Waals surface area contributed by atoms with Gasteiger partial charge in [0.2, 0.25) is 0 Å². The van der Waals surface area contributed by atoms with Gasteiger partial charge in [-0.15, -0.1) is 12.3 Å². The molecule has 0 radical (unpaired) electrons. The van der Waals surface area contributed by atoms with Gasteiger partial charge in [0, 0.05) is 19.4 Å². The Kier molecular flexibility index (Phi) is 5.50. The average molecular weight is 154 g/mol. The molecule has 11 heavy (non-hydrogen) atoms. The lowest BCUT2D eigenvalue weighted by Crippen LogP contribution is -2.20. The molecular formula is C9H14O2. The highest BCUT2D eigenvalue weighted by molar-refractivity contribution is 5.82. The van der Waals surface area contributed by atoms with E-state index in [9.17, 15) is 4.79 Å². The van der Waals surface area contributed by atoms with E-state index in [1.807, 2.05) is 6.92 Å². The maximum atomic E-state index is 11.1. The molecule has 0 heterocycles. The van der Waals surface area contributed by atoms with Crippen LogP contribution in [0.1, 0.15) is 26.7 Å². The molecule has 0 fully saturated rings. The van der Waals surface area contributed by atoms with Gasteiger partial charge in [-0.2, -0.15) is 0 Å². The Hall–Kier alpha value is -0.810. The minimum atomic E-state index is -0.298. The summed E-state index contributed by atoms with van der Waals surface area (Å²) in [6.45, 7) is 4.19. The highest BCUT2D eigenvalue weighted by atomic mass is 16.5. The lowest BCUT2D eigenvalue weighted by Gasteiger charge is -2.08. The Morgan fingerprint density at radius 3 is 2.82 bits per heavy atom. The third-order valence-corrected chi connectivity index (χ3v) is 1.39. The monoisotopic (exact) mass is 154 g/mol. The molecule has 2 nitrogen and oxygen atoms in total. The van der Waals surface area contributed by atoms with Gasteiger partial charge in [-0.05, 0) is 13.8 Å². The van der Waals surface area contributed by atoms with Gasteiger partial charge >= 0.3 is 0 Å². The fourth-order valence-electron chi connectivity index (χ4n) is 0.742. The van der Waals surface area contributed by atoms with E-state index in [0.29, 0.717) is 19.4 Å². The molecule has 0 saturated carbocycles. The van der Waals surface area contributed by atoms with Crippen molar-refractivity contribution in [2.75, 3.05) is 6.61 Å². The lowest BCUT2D eigenvalue weighted by atomic mass is 10.1. The number of Topliss-reactive ketones (excluding diaryl/α,β-unsaturated/α-hetero) is 1. The van der Waals surface area contributed by atoms with Gasteiger partial charge in [0.15, 0.2) is 5.78 Å². The number of ketones is 1. The van der Waals surface area contributed by atoms with Crippen LogP contribution in [0.2, 0.25) is 0 Å². The number of hydrogen-bond acceptors (Lipinski definition) is 2. The van der Waals surface area contributed by atoms with Crippen LogP contribution >= 0.6 is 0 Å². The van der Waals surface area contributed by atoms with Crippen molar-refractivity contribution in [1.82, 2.24) is 0 Å². The predicted molar refractivity (Wildman–Crippen MR) is 44.2 cm³/mol. The summed E-state index contributed by atoms with van der Waals surface area (Å²) >= 11 is 0. The second kappa shape index (κ2) is 5.94. The maximum absolute atomic E-state index is 11.1. The van der Waals surface area contributed by atoms with Crippen molar-refractivity contribution in [3.8, 4) is 12.3 Å². The first-order valence-electron chi connectivity index (χ1n) is 3.80. The SMILES string of the molecule is C#CCCC(=O)C(C)OCC. The van der Waals surface area contributed by atoms with Crippen molar-refractivity contribution in [3.05, 3.63) is 0 Å². The van der Waals surface area contributed by atoms with E-state index in [1.165, 1.54) is 0 Å². The molecule has 2 heteroatoms. The van der Waals surface area contributed by atoms with E-state index >= 15 is 0 Å². The van der Waals surface area contributed by atoms with Crippen LogP contribution < -0.4 is 0 Å². The average Bonchev–Trinajstić information content (AvgIpc) is 2.00. The van der Waals surface area contributed by atoms with E-state index in [0.717, 1.165) is 0 Å². The summed E-state index contributed by atoms with van der Waals surface area (Å²) in [6, 6.07) is 0. The lowest BCUT2D eigenvalue weighted by molar-refractivity contribution is -0.129. The van der Waals surface area contributed by atoms with E-state index in [1.54, 1.807) is 6.92 Å². The first-order chi connectivity index (χ1) is 5.22. The first kappa shape index (κ1) is 10.2. The molecule has 0 N–H and O–H groups in total. The smallest absolute Gasteiger partial charge is 0.162 e. The quantitative estimate of drug-likeness (QED) is 0.559. The van der Waals surface area contributed by atoms with Gasteiger partial charge in [-0.25, -0.2) is 0 Å². The summed E-state index contributed by atoms with van der Waals surface area (Å²) in [5.74, 6) is 2.51. The summed E-state index contributed by atoms with van der Waals surface area (Å²) in [4.78, 5) is 11.1. The van der Waals surface area contributed by atoms with Crippen molar-refractivity contribution in [2.24, 2.45) is 0 Å². The molecular weight excluding hydrogens is 140 g/mol. The Morgan fingerprint density at radius 1 is 1.73 bits per heavy atom. The molecule has 0 aromatic heterocycles. The molecule has 0 aliphatic rings. The maximum Gasteiger partial charge on any atom is 0.162 e. The highest BCUT2D eigenvalue weighted by Crippen LogP contribution is 1.98. The van der Waals surface area contributed by atoms with Crippen LogP contribution in [0.4, 0.5) is 0 Å². The van der Waals surface area contributed by atoms with Crippen LogP contribution in [-0.2, 0) is 9.53 Å². The highest BCUT2D eigenvalue weighted by Gasteiger charge is 2.10. The number of ether oxygens (including phenoxy) is 1. The topological polar surface area (TPSA) is 26.3 Å². The van der Waals surface area contributed by atoms with Gasteiger partial charge < -0.3 is 4.74 Å². The van der Waals surface area contributed by atoms with Gasteiger partial charge in [0.1, 0.15) is 6.10 Å². The normalized spacial score (nSPS) is 12.1. The number of carbonyl (C=O) groups is 1. The van der Waals surface area contributed by atoms with E-state index in [-0.39, 0.29) is 11.9 Å². The number of rotatable bonds is 5. The van der Waals surface area contributed by atoms with Crippen LogP contribution in [0.15, 0.2) is 0 Å². The molecule has 1 atom stereocenters. The molecule has 0 aliphatic heterocycles. The standard InChI is InChI=1S/C9H14O2/c1-4-6-7-9(10)8(3)11-5-2/h1,8H,5-7H2,2-3H3. The third-order valence-electron chi connectivity index (χ3n) is 1.39. The Bertz CT molecular complexity index is 155. The van der Waals surface area contributed by atoms with Crippen molar-refractivity contribution < 1.29 is 9.53 Å². The summed E-state index contributed by atoms with van der Waals surface area (Å²) in [5.41, 5.74) is 0. The Balaban J connectivity index is 3.57. The van der Waals surface area contributed by atoms with Crippen molar-refractivity contribution in [2.45, 2.75) is 32.8 Å². The summed E-state index contributed by atoms with van der Waals surface area (Å²) in [7, 11) is 0. The van der Waals surface area contributed by atoms with Crippen molar-refractivity contribution in [1.29, 1.82) is 0 Å². The summed E-state index contributed by atoms with van der Waals surface area (Å²) in [5, 5.41) is 0. The zero-order valence-corrected chi connectivity index (χ0v) is 7.09. The van der Waals surface area contributed by atoms with Crippen LogP contribution in [0, 0.1) is 12.3 Å². The Morgan fingerprint density at radius 2 is 2.36 bits per heavy atom. The first-order valence-corrected chi connectivity index (χ1v) is 3.80. The number of hydrogen-bond donors (Lipinski definition) is 0. The molecule has 0 rings (SSSR count). The van der Waals surface area contributed by atoms with Gasteiger partial charge in [0.05, 0.1) is 0 Å². The fourth-order valence-corrected chi connectivity index (χ4v) is 0.742. The van der Waals surface area contributed by atoms with E-state index in [2.05, 4.69) is 5.92 Å². The minimum absolute atomic E-state index is 0.0878. The zero-order valence-electron chi connectivity index (χ0n) is 7.09. The predicted octanol–water partition coefficient (Wildman–Crippen LogP) is 1.39. The van der Waals surface area contributed by atoms with E-state index < -0.39 is 0 Å². The second-order valence-electron chi connectivity index (χ2n) is 2.27. The molecule has 0 bridgehead atoms. The molecule has 1 unspecified atom stereocenters. The van der Waals surface area contributed by atoms with Crippen molar-refractivity contribution in [3.63, 3.8) is 0 Å². The van der Waals surface area contributed by atoms with Crippen LogP contribution in [0.3, 0.4) is 0 Å². The third kappa shape index (κ3) is 4.58. The molecule has 62 valence electrons. The van der Waals surface area contributed by atoms with Gasteiger partial charge in [0.25, 0.3) is 0 Å². The molecule has 0 spiro atoms. The summed E-state index contributed by atoms with van der Waals surface area (Å²) in [6.07, 6.45) is 5.65. The minimum Gasteiger partial charge on any atom is -0.371 e. The van der Waals surface area contributed by atoms with Crippen molar-refractivity contribution >= 4 is 5.78 Å². The molecule has 0 aromatic carbocycles. The van der Waals surface area contributed by atoms with Crippen LogP contribution in [-0.4, -0.2) is 18.5 Å². The molecule has 0 saturated heterocycles. The van der Waals surface area contributed by atoms with Crippen LogP contribution in [0.25, 0.3) is 0 Å². The molecule has 0 aliphatic carbocycles. The van der Waals surface area contributed by atoms with Crippen LogP contribution in [0.5, 0.6) is 0 Å². The molecule has 0 amide bonds. The number of carbonyl (C=O) groups excluding carboxylic acids is 1. The molecule has 0 aromatic rings. The second-order valence-corrected chi connectivity index (χ2v) is 2.27. The largest absolute Gasteiger partial charge is 0.371 e. The Labute approximate surface area is 67.9 Å².